The van der Waals surface area contributed by atoms with Gasteiger partial charge >= 0.3 is 11.9 Å². The smallest absolute Gasteiger partial charge is 0.340 e. The number of aliphatic hydroxyl groups excluding tert-OH is 1. The van der Waals surface area contributed by atoms with Gasteiger partial charge in [-0.3, -0.25) is 0 Å². The average molecular weight is 591 g/mol. The summed E-state index contributed by atoms with van der Waals surface area (Å²) in [4.78, 5) is 28.4. The van der Waals surface area contributed by atoms with E-state index in [-0.39, 0.29) is 30.9 Å². The van der Waals surface area contributed by atoms with Crippen molar-refractivity contribution in [3.05, 3.63) is 77.4 Å². The van der Waals surface area contributed by atoms with Crippen LogP contribution >= 0.6 is 0 Å². The SMILES string of the molecule is COCOc1cc(OC)cc(C=CC[C@@H]2OC(C)(C)O[C@@H]2C(C=CCC(O)OF)OC(=O)c2ccccc2)c1C(=O)O. The third-order valence-electron chi connectivity index (χ3n) is 6.12. The number of carbonyl (C=O) groups excluding carboxylic acids is 1. The van der Waals surface area contributed by atoms with E-state index in [1.54, 1.807) is 62.4 Å². The van der Waals surface area contributed by atoms with Crippen LogP contribution in [-0.2, 0) is 23.9 Å². The molecule has 0 aromatic heterocycles. The first-order valence-electron chi connectivity index (χ1n) is 13.1. The molecular formula is C30H35FO11. The lowest BCUT2D eigenvalue weighted by Crippen LogP contribution is -2.37. The molecule has 0 radical (unpaired) electrons. The fourth-order valence-electron chi connectivity index (χ4n) is 4.33. The van der Waals surface area contributed by atoms with Crippen molar-refractivity contribution in [1.29, 1.82) is 0 Å². The van der Waals surface area contributed by atoms with Crippen molar-refractivity contribution in [3.8, 4) is 11.5 Å². The van der Waals surface area contributed by atoms with Crippen molar-refractivity contribution in [2.24, 2.45) is 0 Å². The number of carboxylic acid groups (broad SMARTS) is 1. The van der Waals surface area contributed by atoms with Gasteiger partial charge in [0.25, 0.3) is 0 Å². The first-order valence-corrected chi connectivity index (χ1v) is 13.1. The van der Waals surface area contributed by atoms with E-state index >= 15 is 0 Å². The Bertz CT molecular complexity index is 1250. The highest BCUT2D eigenvalue weighted by atomic mass is 19.3. The van der Waals surface area contributed by atoms with Gasteiger partial charge in [0.05, 0.1) is 18.8 Å². The molecule has 1 fully saturated rings. The average Bonchev–Trinajstić information content (AvgIpc) is 3.28. The number of hydrogen-bond acceptors (Lipinski definition) is 10. The Kier molecular flexibility index (Phi) is 12.0. The number of aliphatic hydroxyl groups is 1. The highest BCUT2D eigenvalue weighted by Gasteiger charge is 2.45. The molecule has 1 saturated heterocycles. The number of ether oxygens (including phenoxy) is 6. The van der Waals surface area contributed by atoms with Crippen LogP contribution in [0.15, 0.2) is 60.7 Å². The van der Waals surface area contributed by atoms with E-state index in [0.29, 0.717) is 16.9 Å². The van der Waals surface area contributed by atoms with Gasteiger partial charge in [0.15, 0.2) is 18.9 Å². The minimum absolute atomic E-state index is 0.0697. The van der Waals surface area contributed by atoms with Gasteiger partial charge in [-0.15, -0.1) is 0 Å². The number of halogens is 1. The lowest BCUT2D eigenvalue weighted by atomic mass is 10.0. The molecule has 0 bridgehead atoms. The van der Waals surface area contributed by atoms with Gasteiger partial charge in [-0.1, -0.05) is 36.4 Å². The van der Waals surface area contributed by atoms with E-state index < -0.39 is 42.3 Å². The van der Waals surface area contributed by atoms with Crippen molar-refractivity contribution < 1.29 is 57.7 Å². The summed E-state index contributed by atoms with van der Waals surface area (Å²) in [6.45, 7) is 3.24. The zero-order valence-corrected chi connectivity index (χ0v) is 23.7. The summed E-state index contributed by atoms with van der Waals surface area (Å²) in [6, 6.07) is 11.3. The third-order valence-corrected chi connectivity index (χ3v) is 6.12. The molecule has 0 amide bonds. The van der Waals surface area contributed by atoms with Crippen molar-refractivity contribution in [3.63, 3.8) is 0 Å². The molecule has 2 aromatic rings. The minimum atomic E-state index is -1.69. The van der Waals surface area contributed by atoms with Crippen LogP contribution in [0.25, 0.3) is 6.08 Å². The highest BCUT2D eigenvalue weighted by Crippen LogP contribution is 2.35. The molecule has 42 heavy (non-hydrogen) atoms. The molecule has 1 aliphatic heterocycles. The number of carbonyl (C=O) groups is 2. The van der Waals surface area contributed by atoms with E-state index in [2.05, 4.69) is 4.94 Å². The maximum atomic E-state index is 12.9. The van der Waals surface area contributed by atoms with Crippen molar-refractivity contribution in [1.82, 2.24) is 0 Å². The summed E-state index contributed by atoms with van der Waals surface area (Å²) in [7, 11) is 2.86. The lowest BCUT2D eigenvalue weighted by Gasteiger charge is -2.24. The van der Waals surface area contributed by atoms with Crippen LogP contribution in [-0.4, -0.2) is 73.6 Å². The zero-order valence-electron chi connectivity index (χ0n) is 23.7. The standard InChI is InChI=1S/C30H35FO11/c1-30(2)40-23(14-8-12-20-16-21(37-4)17-24(38-18-36-3)26(20)28(33)34)27(41-30)22(13-9-15-25(32)42-31)39-29(35)19-10-6-5-7-11-19/h5-13,16-17,22-23,25,27,32H,14-15,18H2,1-4H3,(H,33,34)/t22?,23-,25?,27+/m0/s1. The maximum absolute atomic E-state index is 12.9. The fraction of sp³-hybridized carbons (Fsp3) is 0.400. The van der Waals surface area contributed by atoms with Crippen LogP contribution < -0.4 is 9.47 Å². The van der Waals surface area contributed by atoms with Gasteiger partial charge in [0.2, 0.25) is 0 Å². The van der Waals surface area contributed by atoms with Gasteiger partial charge in [0, 0.05) is 19.6 Å². The third kappa shape index (κ3) is 9.10. The number of hydrogen-bond donors (Lipinski definition) is 2. The molecule has 12 heteroatoms. The summed E-state index contributed by atoms with van der Waals surface area (Å²) >= 11 is 0. The van der Waals surface area contributed by atoms with Crippen molar-refractivity contribution >= 4 is 18.0 Å². The highest BCUT2D eigenvalue weighted by molar-refractivity contribution is 5.95. The Morgan fingerprint density at radius 1 is 1.12 bits per heavy atom. The normalized spacial score (nSPS) is 19.6. The fourth-order valence-corrected chi connectivity index (χ4v) is 4.33. The Balaban J connectivity index is 1.89. The van der Waals surface area contributed by atoms with E-state index in [1.165, 1.54) is 32.4 Å². The first-order chi connectivity index (χ1) is 20.1. The quantitative estimate of drug-likeness (QED) is 0.170. The lowest BCUT2D eigenvalue weighted by molar-refractivity contribution is -0.253. The van der Waals surface area contributed by atoms with Crippen LogP contribution in [0.5, 0.6) is 11.5 Å². The maximum Gasteiger partial charge on any atom is 0.340 e. The Morgan fingerprint density at radius 3 is 2.50 bits per heavy atom. The number of rotatable bonds is 15. The van der Waals surface area contributed by atoms with Crippen LogP contribution in [0.2, 0.25) is 0 Å². The van der Waals surface area contributed by atoms with E-state index in [9.17, 15) is 24.3 Å². The summed E-state index contributed by atoms with van der Waals surface area (Å²) in [5.41, 5.74) is 0.536. The summed E-state index contributed by atoms with van der Waals surface area (Å²) < 4.78 is 46.0. The molecule has 4 atom stereocenters. The number of aromatic carboxylic acids is 1. The molecule has 1 heterocycles. The molecular weight excluding hydrogens is 555 g/mol. The largest absolute Gasteiger partial charge is 0.497 e. The Hall–Kier alpha value is -3.81. The Labute approximate surface area is 242 Å². The molecule has 11 nitrogen and oxygen atoms in total. The van der Waals surface area contributed by atoms with Crippen LogP contribution in [0.1, 0.15) is 53.0 Å². The molecule has 2 unspecified atom stereocenters. The number of benzene rings is 2. The van der Waals surface area contributed by atoms with Crippen LogP contribution in [0.3, 0.4) is 0 Å². The van der Waals surface area contributed by atoms with Gasteiger partial charge in [-0.2, -0.15) is 4.94 Å². The molecule has 0 spiro atoms. The predicted molar refractivity (Wildman–Crippen MR) is 148 cm³/mol. The molecule has 228 valence electrons. The zero-order chi connectivity index (χ0) is 30.7. The molecule has 1 aliphatic rings. The topological polar surface area (TPSA) is 139 Å². The van der Waals surface area contributed by atoms with Gasteiger partial charge in [-0.05, 0) is 54.6 Å². The van der Waals surface area contributed by atoms with Crippen LogP contribution in [0, 0.1) is 0 Å². The number of methoxy groups -OCH3 is 2. The van der Waals surface area contributed by atoms with Gasteiger partial charge in [0.1, 0.15) is 29.3 Å². The van der Waals surface area contributed by atoms with E-state index in [4.69, 9.17) is 28.4 Å². The minimum Gasteiger partial charge on any atom is -0.497 e. The van der Waals surface area contributed by atoms with Crippen molar-refractivity contribution in [2.45, 2.75) is 57.1 Å². The monoisotopic (exact) mass is 590 g/mol. The molecule has 0 saturated carbocycles. The molecule has 3 rings (SSSR count). The number of carboxylic acids is 1. The summed E-state index contributed by atoms with van der Waals surface area (Å²) in [5.74, 6) is -2.44. The summed E-state index contributed by atoms with van der Waals surface area (Å²) in [5, 5.41) is 19.3. The molecule has 2 N–H and O–H groups in total. The van der Waals surface area contributed by atoms with Crippen LogP contribution in [0.4, 0.5) is 4.53 Å². The second kappa shape index (κ2) is 15.4. The Morgan fingerprint density at radius 2 is 1.86 bits per heavy atom. The first kappa shape index (κ1) is 32.7. The summed E-state index contributed by atoms with van der Waals surface area (Å²) in [6.07, 6.45) is 2.03. The van der Waals surface area contributed by atoms with Crippen molar-refractivity contribution in [2.75, 3.05) is 21.0 Å². The molecule has 2 aromatic carbocycles. The van der Waals surface area contributed by atoms with Gasteiger partial charge < -0.3 is 38.6 Å². The van der Waals surface area contributed by atoms with E-state index in [0.717, 1.165) is 0 Å². The second-order valence-electron chi connectivity index (χ2n) is 9.67. The second-order valence-corrected chi connectivity index (χ2v) is 9.67. The van der Waals surface area contributed by atoms with E-state index in [1.807, 2.05) is 0 Å². The van der Waals surface area contributed by atoms with Gasteiger partial charge in [-0.25, -0.2) is 9.59 Å². The molecule has 0 aliphatic carbocycles. The number of esters is 1. The predicted octanol–water partition coefficient (Wildman–Crippen LogP) is 4.69.